The summed E-state index contributed by atoms with van der Waals surface area (Å²) in [6.45, 7) is 9.70. The Morgan fingerprint density at radius 2 is 1.86 bits per heavy atom. The van der Waals surface area contributed by atoms with E-state index in [0.717, 1.165) is 0 Å². The van der Waals surface area contributed by atoms with Gasteiger partial charge in [0.05, 0.1) is 6.10 Å². The van der Waals surface area contributed by atoms with Gasteiger partial charge in [-0.2, -0.15) is 0 Å². The third-order valence-electron chi connectivity index (χ3n) is 1.37. The van der Waals surface area contributed by atoms with E-state index >= 15 is 0 Å². The molecule has 0 aliphatic heterocycles. The molecule has 0 aromatic rings. The Morgan fingerprint density at radius 1 is 1.43 bits per heavy atom. The molecule has 0 N–H and O–H groups in total. The topological polar surface area (TPSA) is 29.5 Å². The van der Waals surface area contributed by atoms with Crippen LogP contribution in [0.25, 0.3) is 0 Å². The van der Waals surface area contributed by atoms with E-state index in [1.165, 1.54) is 4.31 Å². The van der Waals surface area contributed by atoms with Crippen LogP contribution in [-0.2, 0) is 25.6 Å². The molecule has 0 fully saturated rings. The average Bonchev–Trinajstić information content (AvgIpc) is 1.98. The van der Waals surface area contributed by atoms with Gasteiger partial charge in [0.2, 0.25) is 0 Å². The fourth-order valence-electron chi connectivity index (χ4n) is 0.754. The maximum atomic E-state index is 11.5. The highest BCUT2D eigenvalue weighted by molar-refractivity contribution is 8.28. The number of carbonyl (C=O) groups is 1. The molecule has 1 unspecified atom stereocenters. The zero-order valence-corrected chi connectivity index (χ0v) is 11.3. The fraction of sp³-hybridized carbons (Fsp3) is 0.889. The van der Waals surface area contributed by atoms with Crippen molar-refractivity contribution in [1.82, 2.24) is 4.31 Å². The van der Waals surface area contributed by atoms with Gasteiger partial charge in [-0.3, -0.25) is 4.31 Å². The summed E-state index contributed by atoms with van der Waals surface area (Å²) >= 11 is 5.28. The molecule has 0 bridgehead atoms. The Labute approximate surface area is 93.5 Å². The molecule has 0 aliphatic rings. The number of carbonyl (C=O) groups excluding carboxylic acids is 1. The molecule has 0 aliphatic carbocycles. The van der Waals surface area contributed by atoms with E-state index in [1.807, 2.05) is 34.6 Å². The van der Waals surface area contributed by atoms with E-state index in [1.54, 1.807) is 7.05 Å². The van der Waals surface area contributed by atoms with Crippen LogP contribution in [0.3, 0.4) is 0 Å². The standard InChI is InChI=1S/C9H19NO2S2/c1-7(2)12-8(11)10(6)14(13)9(3,4)5/h7H,1-6H3. The lowest BCUT2D eigenvalue weighted by Crippen LogP contribution is -2.39. The van der Waals surface area contributed by atoms with E-state index in [9.17, 15) is 4.79 Å². The predicted molar refractivity (Wildman–Crippen MR) is 63.9 cm³/mol. The summed E-state index contributed by atoms with van der Waals surface area (Å²) in [6, 6.07) is 0. The van der Waals surface area contributed by atoms with Gasteiger partial charge in [0.15, 0.2) is 0 Å². The zero-order chi connectivity index (χ0) is 11.5. The number of ether oxygens (including phenoxy) is 1. The van der Waals surface area contributed by atoms with Gasteiger partial charge in [-0.25, -0.2) is 4.79 Å². The second kappa shape index (κ2) is 5.07. The quantitative estimate of drug-likeness (QED) is 0.738. The summed E-state index contributed by atoms with van der Waals surface area (Å²) in [5.41, 5.74) is 0. The second-order valence-corrected chi connectivity index (χ2v) is 7.51. The van der Waals surface area contributed by atoms with Crippen molar-refractivity contribution in [2.75, 3.05) is 7.05 Å². The summed E-state index contributed by atoms with van der Waals surface area (Å²) in [5.74, 6) is 0. The predicted octanol–water partition coefficient (Wildman–Crippen LogP) is 2.26. The molecule has 1 amide bonds. The zero-order valence-electron chi connectivity index (χ0n) is 9.66. The Morgan fingerprint density at radius 3 is 2.14 bits per heavy atom. The van der Waals surface area contributed by atoms with Gasteiger partial charge < -0.3 is 4.74 Å². The highest BCUT2D eigenvalue weighted by Gasteiger charge is 2.24. The van der Waals surface area contributed by atoms with Gasteiger partial charge in [-0.1, -0.05) is 0 Å². The molecule has 0 radical (unpaired) electrons. The van der Waals surface area contributed by atoms with Crippen molar-refractivity contribution in [3.8, 4) is 0 Å². The number of rotatable bonds is 2. The van der Waals surface area contributed by atoms with Crippen LogP contribution in [0.2, 0.25) is 0 Å². The minimum Gasteiger partial charge on any atom is -0.446 e. The minimum atomic E-state index is -0.536. The molecule has 14 heavy (non-hydrogen) atoms. The van der Waals surface area contributed by atoms with E-state index in [4.69, 9.17) is 15.9 Å². The van der Waals surface area contributed by atoms with Crippen LogP contribution in [-0.4, -0.2) is 28.3 Å². The van der Waals surface area contributed by atoms with E-state index in [0.29, 0.717) is 0 Å². The normalized spacial score (nSPS) is 13.9. The molecule has 0 aromatic heterocycles. The largest absolute Gasteiger partial charge is 0.446 e. The molecule has 0 heterocycles. The van der Waals surface area contributed by atoms with Crippen molar-refractivity contribution in [3.63, 3.8) is 0 Å². The first kappa shape index (κ1) is 13.8. The lowest BCUT2D eigenvalue weighted by Gasteiger charge is -2.28. The van der Waals surface area contributed by atoms with E-state index in [2.05, 4.69) is 0 Å². The van der Waals surface area contributed by atoms with Gasteiger partial charge in [0.1, 0.15) is 0 Å². The molecule has 0 saturated heterocycles. The Bertz CT molecular complexity index is 233. The third kappa shape index (κ3) is 4.37. The van der Waals surface area contributed by atoms with Gasteiger partial charge in [-0.05, 0) is 55.4 Å². The van der Waals surface area contributed by atoms with Gasteiger partial charge >= 0.3 is 6.09 Å². The first-order valence-electron chi connectivity index (χ1n) is 4.52. The fourth-order valence-corrected chi connectivity index (χ4v) is 1.94. The highest BCUT2D eigenvalue weighted by atomic mass is 32.8. The molecule has 3 nitrogen and oxygen atoms in total. The molecule has 0 saturated carbocycles. The Kier molecular flexibility index (Phi) is 5.01. The molecule has 0 spiro atoms. The van der Waals surface area contributed by atoms with Crippen molar-refractivity contribution in [2.45, 2.75) is 45.5 Å². The van der Waals surface area contributed by atoms with E-state index < -0.39 is 9.64 Å². The van der Waals surface area contributed by atoms with Crippen LogP contribution < -0.4 is 0 Å². The maximum absolute atomic E-state index is 11.5. The van der Waals surface area contributed by atoms with Crippen LogP contribution in [0.15, 0.2) is 0 Å². The summed E-state index contributed by atoms with van der Waals surface area (Å²) in [7, 11) is 1.15. The van der Waals surface area contributed by atoms with Crippen molar-refractivity contribution < 1.29 is 9.53 Å². The lowest BCUT2D eigenvalue weighted by molar-refractivity contribution is 0.103. The molecular formula is C9H19NO2S2. The number of amides is 1. The minimum absolute atomic E-state index is 0.0833. The first-order valence-corrected chi connectivity index (χ1v) is 6.63. The summed E-state index contributed by atoms with van der Waals surface area (Å²) < 4.78 is 6.47. The van der Waals surface area contributed by atoms with Gasteiger partial charge in [0.25, 0.3) is 0 Å². The molecule has 1 atom stereocenters. The number of hydrogen-bond acceptors (Lipinski definition) is 3. The molecule has 0 rings (SSSR count). The summed E-state index contributed by atoms with van der Waals surface area (Å²) in [6.07, 6.45) is -0.440. The molecule has 84 valence electrons. The van der Waals surface area contributed by atoms with Crippen LogP contribution in [0.5, 0.6) is 0 Å². The van der Waals surface area contributed by atoms with Crippen LogP contribution in [0.4, 0.5) is 4.79 Å². The SMILES string of the molecule is CC(C)OC(=O)N(C)S(=S)C(C)(C)C. The number of nitrogens with zero attached hydrogens (tertiary/aromatic N) is 1. The van der Waals surface area contributed by atoms with Gasteiger partial charge in [-0.15, -0.1) is 0 Å². The monoisotopic (exact) mass is 237 g/mol. The number of hydrogen-bond donors (Lipinski definition) is 0. The highest BCUT2D eigenvalue weighted by Crippen LogP contribution is 2.15. The third-order valence-corrected chi connectivity index (χ3v) is 5.23. The second-order valence-electron chi connectivity index (χ2n) is 4.29. The maximum Gasteiger partial charge on any atom is 0.420 e. The van der Waals surface area contributed by atoms with Crippen molar-refractivity contribution in [2.24, 2.45) is 0 Å². The van der Waals surface area contributed by atoms with E-state index in [-0.39, 0.29) is 16.9 Å². The Hall–Kier alpha value is -0.160. The lowest BCUT2D eigenvalue weighted by atomic mass is 10.3. The first-order chi connectivity index (χ1) is 6.16. The van der Waals surface area contributed by atoms with Crippen LogP contribution in [0, 0.1) is 0 Å². The summed E-state index contributed by atoms with van der Waals surface area (Å²) in [4.78, 5) is 11.5. The van der Waals surface area contributed by atoms with Crippen molar-refractivity contribution in [3.05, 3.63) is 0 Å². The summed E-state index contributed by atoms with van der Waals surface area (Å²) in [5, 5.41) is 0. The van der Waals surface area contributed by atoms with Crippen LogP contribution in [0.1, 0.15) is 34.6 Å². The average molecular weight is 237 g/mol. The molecule has 5 heteroatoms. The van der Waals surface area contributed by atoms with Crippen molar-refractivity contribution in [1.29, 1.82) is 0 Å². The van der Waals surface area contributed by atoms with Crippen LogP contribution >= 0.6 is 0 Å². The van der Waals surface area contributed by atoms with Gasteiger partial charge in [0, 0.05) is 11.8 Å². The van der Waals surface area contributed by atoms with Crippen molar-refractivity contribution >= 4 is 26.9 Å². The smallest absolute Gasteiger partial charge is 0.420 e. The Balaban J connectivity index is 4.41. The molecule has 0 aromatic carbocycles. The molecular weight excluding hydrogens is 218 g/mol.